The zero-order valence-electron chi connectivity index (χ0n) is 16.9. The first-order valence-corrected chi connectivity index (χ1v) is 9.72. The van der Waals surface area contributed by atoms with Gasteiger partial charge in [-0.2, -0.15) is 0 Å². The van der Waals surface area contributed by atoms with Gasteiger partial charge in [-0.15, -0.1) is 0 Å². The topological polar surface area (TPSA) is 168 Å². The van der Waals surface area contributed by atoms with Gasteiger partial charge in [0.05, 0.1) is 6.04 Å². The quantitative estimate of drug-likeness (QED) is 0.267. The molecule has 0 saturated carbocycles. The summed E-state index contributed by atoms with van der Waals surface area (Å²) in [6.45, 7) is 3.95. The normalized spacial score (nSPS) is 14.1. The number of nitrogens with one attached hydrogen (secondary N) is 2. The molecule has 3 atom stereocenters. The lowest BCUT2D eigenvalue weighted by atomic mass is 10.0. The predicted molar refractivity (Wildman–Crippen MR) is 109 cm³/mol. The van der Waals surface area contributed by atoms with Gasteiger partial charge in [0.15, 0.2) is 0 Å². The summed E-state index contributed by atoms with van der Waals surface area (Å²) in [5.74, 6) is -2.36. The van der Waals surface area contributed by atoms with E-state index in [4.69, 9.17) is 11.5 Å². The molecule has 0 radical (unpaired) electrons. The number of amides is 2. The summed E-state index contributed by atoms with van der Waals surface area (Å²) in [7, 11) is 0. The van der Waals surface area contributed by atoms with Crippen molar-refractivity contribution in [3.63, 3.8) is 0 Å². The summed E-state index contributed by atoms with van der Waals surface area (Å²) in [6.07, 6.45) is 1.73. The lowest BCUT2D eigenvalue weighted by Gasteiger charge is -2.25. The Morgan fingerprint density at radius 2 is 1.66 bits per heavy atom. The highest BCUT2D eigenvalue weighted by Crippen LogP contribution is 2.11. The molecule has 162 valence electrons. The number of unbranched alkanes of at least 4 members (excludes halogenated alkanes) is 1. The SMILES string of the molecule is CC(C)[C@H](NC(=O)[C@@H](N)Cc1ccc(O)cc1)C(=O)N[C@@H](CCCCN)C(=O)O. The summed E-state index contributed by atoms with van der Waals surface area (Å²) < 4.78 is 0. The maximum Gasteiger partial charge on any atom is 0.326 e. The van der Waals surface area contributed by atoms with Gasteiger partial charge in [-0.1, -0.05) is 26.0 Å². The van der Waals surface area contributed by atoms with Gasteiger partial charge in [0, 0.05) is 0 Å². The van der Waals surface area contributed by atoms with E-state index in [1.54, 1.807) is 26.0 Å². The van der Waals surface area contributed by atoms with Crippen molar-refractivity contribution in [2.45, 2.75) is 57.7 Å². The second-order valence-electron chi connectivity index (χ2n) is 7.39. The number of carboxylic acid groups (broad SMARTS) is 1. The van der Waals surface area contributed by atoms with Crippen molar-refractivity contribution in [3.8, 4) is 5.75 Å². The van der Waals surface area contributed by atoms with E-state index in [9.17, 15) is 24.6 Å². The van der Waals surface area contributed by atoms with Gasteiger partial charge in [0.2, 0.25) is 11.8 Å². The molecule has 0 aliphatic carbocycles. The standard InChI is InChI=1S/C20H32N4O5/c1-12(2)17(19(27)23-16(20(28)29)5-3-4-10-21)24-18(26)15(22)11-13-6-8-14(25)9-7-13/h6-9,12,15-17,25H,3-5,10-11,21-22H2,1-2H3,(H,23,27)(H,24,26)(H,28,29)/t15-,16-,17-/m0/s1. The second-order valence-corrected chi connectivity index (χ2v) is 7.39. The first-order chi connectivity index (χ1) is 13.6. The summed E-state index contributed by atoms with van der Waals surface area (Å²) in [4.78, 5) is 36.5. The highest BCUT2D eigenvalue weighted by atomic mass is 16.4. The fourth-order valence-electron chi connectivity index (χ4n) is 2.79. The van der Waals surface area contributed by atoms with Gasteiger partial charge in [-0.3, -0.25) is 9.59 Å². The molecule has 0 aliphatic rings. The number of aromatic hydroxyl groups is 1. The molecule has 1 rings (SSSR count). The third kappa shape index (κ3) is 8.49. The number of phenols is 1. The Kier molecular flexibility index (Phi) is 10.1. The van der Waals surface area contributed by atoms with Crippen molar-refractivity contribution in [3.05, 3.63) is 29.8 Å². The lowest BCUT2D eigenvalue weighted by Crippen LogP contribution is -2.56. The van der Waals surface area contributed by atoms with Crippen LogP contribution < -0.4 is 22.1 Å². The number of carboxylic acids is 1. The fourth-order valence-corrected chi connectivity index (χ4v) is 2.79. The minimum Gasteiger partial charge on any atom is -0.508 e. The maximum atomic E-state index is 12.6. The first-order valence-electron chi connectivity index (χ1n) is 9.72. The van der Waals surface area contributed by atoms with Crippen molar-refractivity contribution in [2.24, 2.45) is 17.4 Å². The molecule has 0 heterocycles. The zero-order valence-corrected chi connectivity index (χ0v) is 16.9. The summed E-state index contributed by atoms with van der Waals surface area (Å²) in [6, 6.07) is 3.47. The minimum atomic E-state index is -1.13. The third-order valence-electron chi connectivity index (χ3n) is 4.54. The number of benzene rings is 1. The summed E-state index contributed by atoms with van der Waals surface area (Å²) >= 11 is 0. The molecule has 0 saturated heterocycles. The number of hydrogen-bond donors (Lipinski definition) is 6. The smallest absolute Gasteiger partial charge is 0.326 e. The van der Waals surface area contributed by atoms with E-state index in [-0.39, 0.29) is 24.5 Å². The van der Waals surface area contributed by atoms with Gasteiger partial charge >= 0.3 is 5.97 Å². The summed E-state index contributed by atoms with van der Waals surface area (Å²) in [5, 5.41) is 23.8. The largest absolute Gasteiger partial charge is 0.508 e. The number of phenolic OH excluding ortho intramolecular Hbond substituents is 1. The van der Waals surface area contributed by atoms with E-state index >= 15 is 0 Å². The van der Waals surface area contributed by atoms with Crippen LogP contribution in [0.4, 0.5) is 0 Å². The Hall–Kier alpha value is -2.65. The molecule has 0 aromatic heterocycles. The van der Waals surface area contributed by atoms with E-state index in [1.807, 2.05) is 0 Å². The Bertz CT molecular complexity index is 678. The molecule has 1 aromatic rings. The molecule has 8 N–H and O–H groups in total. The number of hydrogen-bond acceptors (Lipinski definition) is 6. The van der Waals surface area contributed by atoms with E-state index in [2.05, 4.69) is 10.6 Å². The Morgan fingerprint density at radius 3 is 2.17 bits per heavy atom. The van der Waals surface area contributed by atoms with Crippen LogP contribution in [0.1, 0.15) is 38.7 Å². The van der Waals surface area contributed by atoms with E-state index < -0.39 is 35.9 Å². The van der Waals surface area contributed by atoms with E-state index in [0.717, 1.165) is 5.56 Å². The molecule has 0 fully saturated rings. The fraction of sp³-hybridized carbons (Fsp3) is 0.550. The molecular formula is C20H32N4O5. The third-order valence-corrected chi connectivity index (χ3v) is 4.54. The molecule has 0 unspecified atom stereocenters. The van der Waals surface area contributed by atoms with Crippen LogP contribution in [0.3, 0.4) is 0 Å². The molecular weight excluding hydrogens is 376 g/mol. The van der Waals surface area contributed by atoms with Crippen LogP contribution in [-0.4, -0.2) is 52.7 Å². The first kappa shape index (κ1) is 24.4. The van der Waals surface area contributed by atoms with Crippen LogP contribution in [0.5, 0.6) is 5.75 Å². The van der Waals surface area contributed by atoms with Crippen LogP contribution in [0, 0.1) is 5.92 Å². The molecule has 0 bridgehead atoms. The maximum absolute atomic E-state index is 12.6. The number of nitrogens with two attached hydrogens (primary N) is 2. The Labute approximate surface area is 170 Å². The highest BCUT2D eigenvalue weighted by Gasteiger charge is 2.29. The lowest BCUT2D eigenvalue weighted by molar-refractivity contribution is -0.142. The van der Waals surface area contributed by atoms with Gasteiger partial charge in [0.25, 0.3) is 0 Å². The van der Waals surface area contributed by atoms with E-state index in [0.29, 0.717) is 19.4 Å². The molecule has 1 aromatic carbocycles. The van der Waals surface area contributed by atoms with Crippen molar-refractivity contribution in [1.29, 1.82) is 0 Å². The monoisotopic (exact) mass is 408 g/mol. The number of aliphatic carboxylic acids is 1. The van der Waals surface area contributed by atoms with Crippen molar-refractivity contribution < 1.29 is 24.6 Å². The zero-order chi connectivity index (χ0) is 22.0. The summed E-state index contributed by atoms with van der Waals surface area (Å²) in [5.41, 5.74) is 12.1. The van der Waals surface area contributed by atoms with Crippen LogP contribution in [0.15, 0.2) is 24.3 Å². The van der Waals surface area contributed by atoms with Crippen LogP contribution >= 0.6 is 0 Å². The average Bonchev–Trinajstić information content (AvgIpc) is 2.66. The van der Waals surface area contributed by atoms with Crippen LogP contribution in [0.25, 0.3) is 0 Å². The Morgan fingerprint density at radius 1 is 1.03 bits per heavy atom. The van der Waals surface area contributed by atoms with E-state index in [1.165, 1.54) is 12.1 Å². The van der Waals surface area contributed by atoms with Gasteiger partial charge in [-0.05, 0) is 55.8 Å². The van der Waals surface area contributed by atoms with Crippen molar-refractivity contribution in [1.82, 2.24) is 10.6 Å². The molecule has 29 heavy (non-hydrogen) atoms. The average molecular weight is 408 g/mol. The Balaban J connectivity index is 2.71. The minimum absolute atomic E-state index is 0.114. The molecule has 9 nitrogen and oxygen atoms in total. The number of carbonyl (C=O) groups is 3. The highest BCUT2D eigenvalue weighted by molar-refractivity contribution is 5.92. The van der Waals surface area contributed by atoms with Crippen LogP contribution in [-0.2, 0) is 20.8 Å². The second kappa shape index (κ2) is 12.0. The van der Waals surface area contributed by atoms with Crippen LogP contribution in [0.2, 0.25) is 0 Å². The number of carbonyl (C=O) groups excluding carboxylic acids is 2. The molecule has 0 spiro atoms. The predicted octanol–water partition coefficient (Wildman–Crippen LogP) is 0.101. The van der Waals surface area contributed by atoms with Gasteiger partial charge < -0.3 is 32.3 Å². The molecule has 9 heteroatoms. The van der Waals surface area contributed by atoms with Gasteiger partial charge in [0.1, 0.15) is 17.8 Å². The van der Waals surface area contributed by atoms with Gasteiger partial charge in [-0.25, -0.2) is 4.79 Å². The molecule has 0 aliphatic heterocycles. The number of rotatable bonds is 12. The van der Waals surface area contributed by atoms with Crippen molar-refractivity contribution >= 4 is 17.8 Å². The van der Waals surface area contributed by atoms with Crippen molar-refractivity contribution in [2.75, 3.05) is 6.54 Å². The molecule has 2 amide bonds.